The van der Waals surface area contributed by atoms with Crippen molar-refractivity contribution < 1.29 is 9.18 Å². The van der Waals surface area contributed by atoms with Crippen LogP contribution in [0.15, 0.2) is 34.8 Å². The summed E-state index contributed by atoms with van der Waals surface area (Å²) in [4.78, 5) is 12.3. The smallest absolute Gasteiger partial charge is 0.169 e. The Hall–Kier alpha value is -1.39. The summed E-state index contributed by atoms with van der Waals surface area (Å²) in [7, 11) is 0. The predicted octanol–water partition coefficient (Wildman–Crippen LogP) is 4.56. The molecule has 0 aliphatic carbocycles. The average Bonchev–Trinajstić information content (AvgIpc) is 2.32. The fourth-order valence-corrected chi connectivity index (χ4v) is 2.51. The SMILES string of the molecule is Cc1cc(F)cc(CC(=O)c2cc(Br)c(Cl)cc2N)c1. The largest absolute Gasteiger partial charge is 0.398 e. The fourth-order valence-electron chi connectivity index (χ4n) is 2.00. The molecule has 5 heteroatoms. The lowest BCUT2D eigenvalue weighted by molar-refractivity contribution is 0.0994. The van der Waals surface area contributed by atoms with Gasteiger partial charge in [0.25, 0.3) is 0 Å². The molecule has 0 spiro atoms. The van der Waals surface area contributed by atoms with E-state index in [1.165, 1.54) is 18.2 Å². The molecule has 0 saturated heterocycles. The molecule has 0 fully saturated rings. The predicted molar refractivity (Wildman–Crippen MR) is 82.7 cm³/mol. The number of carbonyl (C=O) groups excluding carboxylic acids is 1. The Morgan fingerprint density at radius 2 is 2.00 bits per heavy atom. The van der Waals surface area contributed by atoms with Crippen LogP contribution in [0.2, 0.25) is 5.02 Å². The van der Waals surface area contributed by atoms with E-state index in [0.717, 1.165) is 5.56 Å². The zero-order valence-corrected chi connectivity index (χ0v) is 13.1. The molecule has 0 aliphatic heterocycles. The summed E-state index contributed by atoms with van der Waals surface area (Å²) < 4.78 is 13.9. The van der Waals surface area contributed by atoms with E-state index in [1.807, 2.05) is 0 Å². The van der Waals surface area contributed by atoms with E-state index < -0.39 is 0 Å². The lowest BCUT2D eigenvalue weighted by Gasteiger charge is -2.08. The molecule has 0 atom stereocenters. The van der Waals surface area contributed by atoms with E-state index in [4.69, 9.17) is 17.3 Å². The van der Waals surface area contributed by atoms with Crippen molar-refractivity contribution in [2.75, 3.05) is 5.73 Å². The first kappa shape index (κ1) is 15.0. The van der Waals surface area contributed by atoms with Gasteiger partial charge in [0.15, 0.2) is 5.78 Å². The van der Waals surface area contributed by atoms with Crippen LogP contribution in [0.3, 0.4) is 0 Å². The van der Waals surface area contributed by atoms with Crippen molar-refractivity contribution in [1.29, 1.82) is 0 Å². The van der Waals surface area contributed by atoms with Gasteiger partial charge in [-0.25, -0.2) is 4.39 Å². The molecule has 0 saturated carbocycles. The van der Waals surface area contributed by atoms with Gasteiger partial charge in [-0.15, -0.1) is 0 Å². The summed E-state index contributed by atoms with van der Waals surface area (Å²) in [6.07, 6.45) is 0.0941. The molecular formula is C15H12BrClFNO. The van der Waals surface area contributed by atoms with Gasteiger partial charge in [0, 0.05) is 22.1 Å². The van der Waals surface area contributed by atoms with Crippen LogP contribution in [0.1, 0.15) is 21.5 Å². The Labute approximate surface area is 129 Å². The monoisotopic (exact) mass is 355 g/mol. The van der Waals surface area contributed by atoms with Crippen molar-refractivity contribution >= 4 is 39.0 Å². The molecule has 0 heterocycles. The topological polar surface area (TPSA) is 43.1 Å². The van der Waals surface area contributed by atoms with E-state index in [1.54, 1.807) is 19.1 Å². The zero-order chi connectivity index (χ0) is 14.9. The van der Waals surface area contributed by atoms with Crippen molar-refractivity contribution in [1.82, 2.24) is 0 Å². The highest BCUT2D eigenvalue weighted by Gasteiger charge is 2.14. The average molecular weight is 357 g/mol. The van der Waals surface area contributed by atoms with Gasteiger partial charge >= 0.3 is 0 Å². The van der Waals surface area contributed by atoms with Crippen LogP contribution in [0.25, 0.3) is 0 Å². The van der Waals surface area contributed by atoms with Gasteiger partial charge < -0.3 is 5.73 Å². The number of benzene rings is 2. The second-order valence-corrected chi connectivity index (χ2v) is 5.85. The molecule has 0 radical (unpaired) electrons. The third kappa shape index (κ3) is 3.38. The van der Waals surface area contributed by atoms with E-state index in [2.05, 4.69) is 15.9 Å². The maximum absolute atomic E-state index is 13.3. The number of nitrogens with two attached hydrogens (primary N) is 1. The molecule has 2 aromatic carbocycles. The summed E-state index contributed by atoms with van der Waals surface area (Å²) in [6.45, 7) is 1.78. The van der Waals surface area contributed by atoms with Crippen molar-refractivity contribution in [3.05, 3.63) is 62.3 Å². The van der Waals surface area contributed by atoms with E-state index in [0.29, 0.717) is 26.3 Å². The highest BCUT2D eigenvalue weighted by molar-refractivity contribution is 9.10. The Morgan fingerprint density at radius 3 is 2.65 bits per heavy atom. The highest BCUT2D eigenvalue weighted by Crippen LogP contribution is 2.28. The summed E-state index contributed by atoms with van der Waals surface area (Å²) in [5.74, 6) is -0.525. The van der Waals surface area contributed by atoms with Crippen molar-refractivity contribution in [2.45, 2.75) is 13.3 Å². The van der Waals surface area contributed by atoms with Gasteiger partial charge in [0.05, 0.1) is 5.02 Å². The van der Waals surface area contributed by atoms with Gasteiger partial charge in [0.1, 0.15) is 5.82 Å². The van der Waals surface area contributed by atoms with Crippen LogP contribution in [0.4, 0.5) is 10.1 Å². The third-order valence-electron chi connectivity index (χ3n) is 2.86. The standard InChI is InChI=1S/C15H12BrClFNO/c1-8-2-9(4-10(18)3-8)5-15(20)11-6-12(16)13(17)7-14(11)19/h2-4,6-7H,5,19H2,1H3. The summed E-state index contributed by atoms with van der Waals surface area (Å²) in [6, 6.07) is 7.66. The van der Waals surface area contributed by atoms with Crippen LogP contribution in [-0.4, -0.2) is 5.78 Å². The second kappa shape index (κ2) is 5.94. The van der Waals surface area contributed by atoms with Crippen LogP contribution in [0.5, 0.6) is 0 Å². The maximum atomic E-state index is 13.3. The summed E-state index contributed by atoms with van der Waals surface area (Å²) in [5.41, 5.74) is 7.90. The number of aryl methyl sites for hydroxylation is 1. The van der Waals surface area contributed by atoms with Gasteiger partial charge in [-0.2, -0.15) is 0 Å². The van der Waals surface area contributed by atoms with Gasteiger partial charge in [-0.3, -0.25) is 4.79 Å². The van der Waals surface area contributed by atoms with E-state index in [9.17, 15) is 9.18 Å². The molecule has 2 rings (SSSR count). The summed E-state index contributed by atoms with van der Waals surface area (Å²) in [5, 5.41) is 0.445. The molecule has 0 amide bonds. The number of nitrogen functional groups attached to an aromatic ring is 1. The Kier molecular flexibility index (Phi) is 4.45. The molecule has 0 bridgehead atoms. The molecule has 2 N–H and O–H groups in total. The highest BCUT2D eigenvalue weighted by atomic mass is 79.9. The number of halogens is 3. The Bertz CT molecular complexity index is 668. The first-order chi connectivity index (χ1) is 9.36. The van der Waals surface area contributed by atoms with Crippen LogP contribution >= 0.6 is 27.5 Å². The van der Waals surface area contributed by atoms with Crippen molar-refractivity contribution in [3.63, 3.8) is 0 Å². The lowest BCUT2D eigenvalue weighted by atomic mass is 10.0. The van der Waals surface area contributed by atoms with E-state index >= 15 is 0 Å². The third-order valence-corrected chi connectivity index (χ3v) is 4.06. The number of ketones is 1. The van der Waals surface area contributed by atoms with Crippen LogP contribution in [-0.2, 0) is 6.42 Å². The van der Waals surface area contributed by atoms with E-state index in [-0.39, 0.29) is 18.0 Å². The molecule has 0 aliphatic rings. The lowest BCUT2D eigenvalue weighted by Crippen LogP contribution is -2.07. The number of rotatable bonds is 3. The van der Waals surface area contributed by atoms with Gasteiger partial charge in [-0.1, -0.05) is 17.7 Å². The number of hydrogen-bond donors (Lipinski definition) is 1. The minimum Gasteiger partial charge on any atom is -0.398 e. The molecular weight excluding hydrogens is 345 g/mol. The molecule has 0 unspecified atom stereocenters. The maximum Gasteiger partial charge on any atom is 0.169 e. The van der Waals surface area contributed by atoms with Crippen LogP contribution in [0, 0.1) is 12.7 Å². The van der Waals surface area contributed by atoms with Crippen molar-refractivity contribution in [3.8, 4) is 0 Å². The van der Waals surface area contributed by atoms with Crippen molar-refractivity contribution in [2.24, 2.45) is 0 Å². The number of anilines is 1. The molecule has 104 valence electrons. The molecule has 2 aromatic rings. The van der Waals surface area contributed by atoms with Gasteiger partial charge in [-0.05, 0) is 58.2 Å². The molecule has 0 aromatic heterocycles. The van der Waals surface area contributed by atoms with Gasteiger partial charge in [0.2, 0.25) is 0 Å². The number of carbonyl (C=O) groups is 1. The number of Topliss-reactive ketones (excluding diaryl/α,β-unsaturated/α-hetero) is 1. The fraction of sp³-hybridized carbons (Fsp3) is 0.133. The number of hydrogen-bond acceptors (Lipinski definition) is 2. The minimum atomic E-state index is -0.349. The quantitative estimate of drug-likeness (QED) is 0.647. The Morgan fingerprint density at radius 1 is 1.30 bits per heavy atom. The first-order valence-corrected chi connectivity index (χ1v) is 7.07. The normalized spacial score (nSPS) is 10.6. The summed E-state index contributed by atoms with van der Waals surface area (Å²) >= 11 is 9.16. The Balaban J connectivity index is 2.30. The molecule has 20 heavy (non-hydrogen) atoms. The minimum absolute atomic E-state index is 0.0941. The second-order valence-electron chi connectivity index (χ2n) is 4.59. The molecule has 2 nitrogen and oxygen atoms in total. The van der Waals surface area contributed by atoms with Crippen LogP contribution < -0.4 is 5.73 Å². The zero-order valence-electron chi connectivity index (χ0n) is 10.7. The first-order valence-electron chi connectivity index (χ1n) is 5.90.